The fraction of sp³-hybridized carbons (Fsp3) is 0.304. The van der Waals surface area contributed by atoms with E-state index in [1.807, 2.05) is 36.4 Å². The van der Waals surface area contributed by atoms with Crippen LogP contribution in [0.15, 0.2) is 48.5 Å². The second kappa shape index (κ2) is 8.21. The molecule has 4 nitrogen and oxygen atoms in total. The predicted molar refractivity (Wildman–Crippen MR) is 113 cm³/mol. The maximum atomic E-state index is 12.8. The third-order valence-corrected chi connectivity index (χ3v) is 4.75. The van der Waals surface area contributed by atoms with E-state index in [9.17, 15) is 4.79 Å². The number of nitrogens with zero attached hydrogens (tertiary/aromatic N) is 1. The van der Waals surface area contributed by atoms with Crippen molar-refractivity contribution in [3.05, 3.63) is 65.2 Å². The Morgan fingerprint density at radius 2 is 1.81 bits per heavy atom. The van der Waals surface area contributed by atoms with Crippen LogP contribution in [-0.2, 0) is 0 Å². The summed E-state index contributed by atoms with van der Waals surface area (Å²) in [6.45, 7) is 9.15. The Kier molecular flexibility index (Phi) is 5.75. The van der Waals surface area contributed by atoms with Gasteiger partial charge in [-0.25, -0.2) is 4.98 Å². The van der Waals surface area contributed by atoms with Crippen LogP contribution in [0.25, 0.3) is 10.9 Å². The molecule has 0 aliphatic heterocycles. The van der Waals surface area contributed by atoms with Gasteiger partial charge in [-0.15, -0.1) is 0 Å². The molecule has 0 unspecified atom stereocenters. The van der Waals surface area contributed by atoms with Crippen molar-refractivity contribution < 1.29 is 4.79 Å². The molecule has 1 heterocycles. The first-order chi connectivity index (χ1) is 12.9. The summed E-state index contributed by atoms with van der Waals surface area (Å²) in [6, 6.07) is 15.8. The minimum Gasteiger partial charge on any atom is -0.352 e. The Morgan fingerprint density at radius 3 is 2.56 bits per heavy atom. The lowest BCUT2D eigenvalue weighted by molar-refractivity contribution is 0.0953. The third-order valence-electron chi connectivity index (χ3n) is 4.75. The van der Waals surface area contributed by atoms with Crippen LogP contribution in [0.1, 0.15) is 41.8 Å². The zero-order valence-corrected chi connectivity index (χ0v) is 16.5. The molecule has 4 heteroatoms. The molecule has 140 valence electrons. The van der Waals surface area contributed by atoms with Gasteiger partial charge in [0.25, 0.3) is 5.91 Å². The first kappa shape index (κ1) is 18.9. The van der Waals surface area contributed by atoms with Crippen LogP contribution >= 0.6 is 0 Å². The number of rotatable bonds is 6. The quantitative estimate of drug-likeness (QED) is 0.620. The summed E-state index contributed by atoms with van der Waals surface area (Å²) in [7, 11) is 0. The molecule has 3 rings (SSSR count). The molecule has 0 bridgehead atoms. The largest absolute Gasteiger partial charge is 0.352 e. The van der Waals surface area contributed by atoms with Crippen LogP contribution in [-0.4, -0.2) is 17.4 Å². The van der Waals surface area contributed by atoms with Gasteiger partial charge in [0.05, 0.1) is 11.1 Å². The Hall–Kier alpha value is -2.88. The van der Waals surface area contributed by atoms with Crippen molar-refractivity contribution in [3.63, 3.8) is 0 Å². The van der Waals surface area contributed by atoms with Gasteiger partial charge in [0.15, 0.2) is 0 Å². The maximum absolute atomic E-state index is 12.8. The summed E-state index contributed by atoms with van der Waals surface area (Å²) >= 11 is 0. The Labute approximate surface area is 161 Å². The van der Waals surface area contributed by atoms with Crippen molar-refractivity contribution in [2.24, 2.45) is 5.92 Å². The SMILES string of the molecule is Cc1ccc(Nc2cc(C(=O)NCCC(C)C)c3ccccc3n2)cc1C. The molecule has 0 saturated carbocycles. The molecule has 0 saturated heterocycles. The number of pyridine rings is 1. The Balaban J connectivity index is 1.92. The van der Waals surface area contributed by atoms with Crippen molar-refractivity contribution in [1.82, 2.24) is 10.3 Å². The van der Waals surface area contributed by atoms with E-state index in [1.54, 1.807) is 0 Å². The average Bonchev–Trinajstić information content (AvgIpc) is 2.63. The average molecular weight is 361 g/mol. The molecule has 1 amide bonds. The maximum Gasteiger partial charge on any atom is 0.252 e. The number of carbonyl (C=O) groups excluding carboxylic acids is 1. The summed E-state index contributed by atoms with van der Waals surface area (Å²) in [5, 5.41) is 7.24. The fourth-order valence-corrected chi connectivity index (χ4v) is 2.96. The van der Waals surface area contributed by atoms with Crippen LogP contribution in [0.3, 0.4) is 0 Å². The molecule has 27 heavy (non-hydrogen) atoms. The number of aromatic nitrogens is 1. The van der Waals surface area contributed by atoms with E-state index in [-0.39, 0.29) is 5.91 Å². The van der Waals surface area contributed by atoms with Gasteiger partial charge in [0.1, 0.15) is 5.82 Å². The highest BCUT2D eigenvalue weighted by Crippen LogP contribution is 2.24. The number of fused-ring (bicyclic) bond motifs is 1. The van der Waals surface area contributed by atoms with E-state index in [2.05, 4.69) is 55.4 Å². The molecular formula is C23H27N3O. The second-order valence-corrected chi connectivity index (χ2v) is 7.43. The van der Waals surface area contributed by atoms with Gasteiger partial charge in [0, 0.05) is 17.6 Å². The highest BCUT2D eigenvalue weighted by molar-refractivity contribution is 6.07. The van der Waals surface area contributed by atoms with Crippen molar-refractivity contribution in [2.75, 3.05) is 11.9 Å². The van der Waals surface area contributed by atoms with Crippen molar-refractivity contribution in [1.29, 1.82) is 0 Å². The zero-order chi connectivity index (χ0) is 19.4. The summed E-state index contributed by atoms with van der Waals surface area (Å²) in [5.74, 6) is 1.17. The molecule has 2 N–H and O–H groups in total. The number of carbonyl (C=O) groups is 1. The summed E-state index contributed by atoms with van der Waals surface area (Å²) < 4.78 is 0. The lowest BCUT2D eigenvalue weighted by atomic mass is 10.1. The number of anilines is 2. The van der Waals surface area contributed by atoms with E-state index in [0.29, 0.717) is 23.8 Å². The number of para-hydroxylation sites is 1. The molecule has 0 fully saturated rings. The van der Waals surface area contributed by atoms with Gasteiger partial charge in [-0.05, 0) is 61.6 Å². The highest BCUT2D eigenvalue weighted by atomic mass is 16.1. The fourth-order valence-electron chi connectivity index (χ4n) is 2.96. The number of aryl methyl sites for hydroxylation is 2. The lowest BCUT2D eigenvalue weighted by Crippen LogP contribution is -2.25. The Morgan fingerprint density at radius 1 is 1.04 bits per heavy atom. The standard InChI is InChI=1S/C23H27N3O/c1-15(2)11-12-24-23(27)20-14-22(26-21-8-6-5-7-19(20)21)25-18-10-9-16(3)17(4)13-18/h5-10,13-15H,11-12H2,1-4H3,(H,24,27)(H,25,26). The molecule has 0 atom stereocenters. The van der Waals surface area contributed by atoms with Gasteiger partial charge in [0.2, 0.25) is 0 Å². The van der Waals surface area contributed by atoms with Gasteiger partial charge >= 0.3 is 0 Å². The van der Waals surface area contributed by atoms with Crippen LogP contribution < -0.4 is 10.6 Å². The normalized spacial score (nSPS) is 11.0. The first-order valence-electron chi connectivity index (χ1n) is 9.46. The van der Waals surface area contributed by atoms with Crippen molar-refractivity contribution >= 4 is 28.3 Å². The van der Waals surface area contributed by atoms with E-state index in [0.717, 1.165) is 23.0 Å². The smallest absolute Gasteiger partial charge is 0.252 e. The van der Waals surface area contributed by atoms with Crippen LogP contribution in [0.2, 0.25) is 0 Å². The van der Waals surface area contributed by atoms with Gasteiger partial charge < -0.3 is 10.6 Å². The molecular weight excluding hydrogens is 334 g/mol. The van der Waals surface area contributed by atoms with Gasteiger partial charge in [-0.1, -0.05) is 38.1 Å². The minimum atomic E-state index is -0.0580. The molecule has 0 aliphatic rings. The minimum absolute atomic E-state index is 0.0580. The Bertz CT molecular complexity index is 963. The number of amides is 1. The monoisotopic (exact) mass is 361 g/mol. The van der Waals surface area contributed by atoms with Crippen LogP contribution in [0, 0.1) is 19.8 Å². The molecule has 0 spiro atoms. The molecule has 0 aliphatic carbocycles. The highest BCUT2D eigenvalue weighted by Gasteiger charge is 2.13. The predicted octanol–water partition coefficient (Wildman–Crippen LogP) is 5.37. The van der Waals surface area contributed by atoms with E-state index >= 15 is 0 Å². The topological polar surface area (TPSA) is 54.0 Å². The number of hydrogen-bond donors (Lipinski definition) is 2. The van der Waals surface area contributed by atoms with Crippen molar-refractivity contribution in [2.45, 2.75) is 34.1 Å². The van der Waals surface area contributed by atoms with Gasteiger partial charge in [-0.2, -0.15) is 0 Å². The van der Waals surface area contributed by atoms with Gasteiger partial charge in [-0.3, -0.25) is 4.79 Å². The zero-order valence-electron chi connectivity index (χ0n) is 16.5. The van der Waals surface area contributed by atoms with Crippen molar-refractivity contribution in [3.8, 4) is 0 Å². The molecule has 2 aromatic carbocycles. The number of hydrogen-bond acceptors (Lipinski definition) is 3. The second-order valence-electron chi connectivity index (χ2n) is 7.43. The van der Waals surface area contributed by atoms with E-state index < -0.39 is 0 Å². The lowest BCUT2D eigenvalue weighted by Gasteiger charge is -2.13. The summed E-state index contributed by atoms with van der Waals surface area (Å²) in [5.41, 5.74) is 4.88. The first-order valence-corrected chi connectivity index (χ1v) is 9.46. The molecule has 1 aromatic heterocycles. The summed E-state index contributed by atoms with van der Waals surface area (Å²) in [4.78, 5) is 17.5. The molecule has 0 radical (unpaired) electrons. The van der Waals surface area contributed by atoms with E-state index in [4.69, 9.17) is 0 Å². The third kappa shape index (κ3) is 4.64. The number of benzene rings is 2. The molecule has 3 aromatic rings. The van der Waals surface area contributed by atoms with Crippen LogP contribution in [0.5, 0.6) is 0 Å². The van der Waals surface area contributed by atoms with E-state index in [1.165, 1.54) is 11.1 Å². The number of nitrogens with one attached hydrogen (secondary N) is 2. The van der Waals surface area contributed by atoms with Crippen LogP contribution in [0.4, 0.5) is 11.5 Å². The summed E-state index contributed by atoms with van der Waals surface area (Å²) in [6.07, 6.45) is 0.961.